The Morgan fingerprint density at radius 3 is 2.20 bits per heavy atom. The van der Waals surface area contributed by atoms with Gasteiger partial charge in [0.15, 0.2) is 0 Å². The minimum absolute atomic E-state index is 0.125. The highest BCUT2D eigenvalue weighted by atomic mass is 19.4. The molecule has 0 saturated carbocycles. The Labute approximate surface area is 227 Å². The summed E-state index contributed by atoms with van der Waals surface area (Å²) in [7, 11) is 0. The Morgan fingerprint density at radius 1 is 0.975 bits per heavy atom. The number of nitrogens with one attached hydrogen (secondary N) is 2. The molecular formula is C26H30F3N5O6. The van der Waals surface area contributed by atoms with Gasteiger partial charge in [-0.1, -0.05) is 0 Å². The minimum atomic E-state index is -5.08. The maximum Gasteiger partial charge on any atom is 0.490 e. The van der Waals surface area contributed by atoms with Crippen LogP contribution in [0.4, 0.5) is 18.9 Å². The molecule has 216 valence electrons. The summed E-state index contributed by atoms with van der Waals surface area (Å²) in [6.45, 7) is 7.68. The lowest BCUT2D eigenvalue weighted by Crippen LogP contribution is -2.72. The van der Waals surface area contributed by atoms with Crippen LogP contribution in [-0.2, 0) is 14.4 Å². The van der Waals surface area contributed by atoms with Crippen molar-refractivity contribution in [3.8, 4) is 0 Å². The normalized spacial score (nSPS) is 24.6. The number of carboxylic acids is 1. The van der Waals surface area contributed by atoms with Crippen LogP contribution < -0.4 is 15.5 Å². The first-order chi connectivity index (χ1) is 18.9. The zero-order valence-electron chi connectivity index (χ0n) is 21.6. The zero-order chi connectivity index (χ0) is 28.8. The van der Waals surface area contributed by atoms with Gasteiger partial charge in [-0.2, -0.15) is 13.2 Å². The maximum atomic E-state index is 13.1. The molecule has 0 bridgehead atoms. The second kappa shape index (κ2) is 10.5. The number of carbonyl (C=O) groups is 5. The number of rotatable bonds is 4. The molecule has 1 unspecified atom stereocenters. The van der Waals surface area contributed by atoms with Crippen molar-refractivity contribution in [2.24, 2.45) is 11.3 Å². The average Bonchev–Trinajstić information content (AvgIpc) is 3.09. The summed E-state index contributed by atoms with van der Waals surface area (Å²) >= 11 is 0. The summed E-state index contributed by atoms with van der Waals surface area (Å²) in [5.41, 5.74) is 1.98. The number of aliphatic carboxylic acids is 1. The molecule has 4 saturated heterocycles. The summed E-state index contributed by atoms with van der Waals surface area (Å²) < 4.78 is 31.7. The topological polar surface area (TPSA) is 139 Å². The van der Waals surface area contributed by atoms with Crippen molar-refractivity contribution in [1.82, 2.24) is 20.4 Å². The fraction of sp³-hybridized carbons (Fsp3) is 0.577. The van der Waals surface area contributed by atoms with Crippen LogP contribution in [0.15, 0.2) is 18.2 Å². The summed E-state index contributed by atoms with van der Waals surface area (Å²) in [5, 5.41) is 12.8. The molecule has 40 heavy (non-hydrogen) atoms. The number of benzene rings is 1. The van der Waals surface area contributed by atoms with Crippen LogP contribution in [0.3, 0.4) is 0 Å². The van der Waals surface area contributed by atoms with Crippen molar-refractivity contribution in [3.63, 3.8) is 0 Å². The van der Waals surface area contributed by atoms with Crippen LogP contribution in [0.5, 0.6) is 0 Å². The summed E-state index contributed by atoms with van der Waals surface area (Å²) in [4.78, 5) is 64.4. The quantitative estimate of drug-likeness (QED) is 0.454. The van der Waals surface area contributed by atoms with E-state index in [1.54, 1.807) is 12.1 Å². The Hall–Kier alpha value is -3.52. The molecule has 3 N–H and O–H groups in total. The van der Waals surface area contributed by atoms with Gasteiger partial charge in [0.1, 0.15) is 6.04 Å². The molecule has 0 aliphatic carbocycles. The first-order valence-electron chi connectivity index (χ1n) is 13.2. The van der Waals surface area contributed by atoms with Crippen LogP contribution in [0, 0.1) is 11.3 Å². The molecule has 0 radical (unpaired) electrons. The van der Waals surface area contributed by atoms with Crippen LogP contribution in [0.25, 0.3) is 0 Å². The van der Waals surface area contributed by atoms with Crippen molar-refractivity contribution >= 4 is 35.3 Å². The number of anilines is 1. The van der Waals surface area contributed by atoms with Gasteiger partial charge in [-0.25, -0.2) is 4.79 Å². The van der Waals surface area contributed by atoms with Crippen molar-refractivity contribution in [1.29, 1.82) is 0 Å². The van der Waals surface area contributed by atoms with E-state index in [9.17, 15) is 32.3 Å². The molecule has 4 amide bonds. The fourth-order valence-corrected chi connectivity index (χ4v) is 6.26. The molecule has 4 fully saturated rings. The van der Waals surface area contributed by atoms with Crippen molar-refractivity contribution < 1.29 is 42.3 Å². The molecule has 1 spiro atoms. The van der Waals surface area contributed by atoms with E-state index in [4.69, 9.17) is 9.90 Å². The predicted octanol–water partition coefficient (Wildman–Crippen LogP) is 0.843. The maximum absolute atomic E-state index is 13.1. The SMILES string of the molecule is O=C(O)C(F)(F)F.O=C1CCC(N2C(=O)c3ccc(N4CC5(CN(CC6CCNCC6)C5)C4)cc3C2=O)C(=O)N1. The smallest absolute Gasteiger partial charge is 0.475 e. The van der Waals surface area contributed by atoms with E-state index < -0.39 is 35.9 Å². The number of nitrogens with zero attached hydrogens (tertiary/aromatic N) is 3. The summed E-state index contributed by atoms with van der Waals surface area (Å²) in [6, 6.07) is 4.47. The van der Waals surface area contributed by atoms with Crippen molar-refractivity contribution in [3.05, 3.63) is 29.3 Å². The summed E-state index contributed by atoms with van der Waals surface area (Å²) in [5.74, 6) is -3.79. The molecule has 1 atom stereocenters. The molecule has 1 aromatic carbocycles. The molecule has 1 aromatic rings. The standard InChI is InChI=1S/C24H29N5O4.C2HF3O2/c30-20-4-3-19(21(31)26-20)29-22(32)17-2-1-16(9-18(17)23(29)33)28-13-24(14-28)11-27(12-24)10-15-5-7-25-8-6-15;3-2(4,5)1(6)7/h1-2,9,15,19,25H,3-8,10-14H2,(H,26,30,31);(H,6,7). The van der Waals surface area contributed by atoms with Gasteiger partial charge in [0.25, 0.3) is 11.8 Å². The second-order valence-corrected chi connectivity index (χ2v) is 11.2. The van der Waals surface area contributed by atoms with Gasteiger partial charge in [0, 0.05) is 50.2 Å². The number of hydrogen-bond donors (Lipinski definition) is 3. The molecular weight excluding hydrogens is 535 g/mol. The number of fused-ring (bicyclic) bond motifs is 1. The number of imide groups is 2. The number of amides is 4. The lowest BCUT2D eigenvalue weighted by atomic mass is 9.72. The third kappa shape index (κ3) is 5.42. The second-order valence-electron chi connectivity index (χ2n) is 11.2. The Kier molecular flexibility index (Phi) is 7.33. The highest BCUT2D eigenvalue weighted by molar-refractivity contribution is 6.23. The van der Waals surface area contributed by atoms with E-state index in [1.165, 1.54) is 19.4 Å². The Balaban J connectivity index is 0.000000411. The number of hydrogen-bond acceptors (Lipinski definition) is 8. The Bertz CT molecular complexity index is 1230. The lowest BCUT2D eigenvalue weighted by molar-refractivity contribution is -0.192. The monoisotopic (exact) mass is 565 g/mol. The van der Waals surface area contributed by atoms with Gasteiger partial charge >= 0.3 is 12.1 Å². The molecule has 5 heterocycles. The van der Waals surface area contributed by atoms with Gasteiger partial charge in [-0.15, -0.1) is 0 Å². The summed E-state index contributed by atoms with van der Waals surface area (Å²) in [6.07, 6.45) is -2.24. The Morgan fingerprint density at radius 2 is 1.60 bits per heavy atom. The predicted molar refractivity (Wildman–Crippen MR) is 133 cm³/mol. The number of piperidine rings is 2. The molecule has 5 aliphatic heterocycles. The van der Waals surface area contributed by atoms with Gasteiger partial charge < -0.3 is 20.2 Å². The largest absolute Gasteiger partial charge is 0.490 e. The number of halogens is 3. The van der Waals surface area contributed by atoms with E-state index in [-0.39, 0.29) is 18.7 Å². The highest BCUT2D eigenvalue weighted by Crippen LogP contribution is 2.43. The van der Waals surface area contributed by atoms with Crippen LogP contribution >= 0.6 is 0 Å². The van der Waals surface area contributed by atoms with Crippen molar-refractivity contribution in [2.75, 3.05) is 50.7 Å². The first-order valence-corrected chi connectivity index (χ1v) is 13.2. The van der Waals surface area contributed by atoms with Crippen LogP contribution in [0.2, 0.25) is 0 Å². The zero-order valence-corrected chi connectivity index (χ0v) is 21.6. The number of carbonyl (C=O) groups excluding carboxylic acids is 4. The fourth-order valence-electron chi connectivity index (χ4n) is 6.26. The lowest BCUT2D eigenvalue weighted by Gasteiger charge is -2.61. The van der Waals surface area contributed by atoms with Crippen molar-refractivity contribution in [2.45, 2.75) is 37.9 Å². The van der Waals surface area contributed by atoms with E-state index in [0.717, 1.165) is 55.8 Å². The van der Waals surface area contributed by atoms with Gasteiger partial charge in [0.2, 0.25) is 11.8 Å². The number of likely N-dealkylation sites (tertiary alicyclic amines) is 1. The highest BCUT2D eigenvalue weighted by Gasteiger charge is 2.52. The van der Waals surface area contributed by atoms with Crippen LogP contribution in [0.1, 0.15) is 46.4 Å². The number of carboxylic acid groups (broad SMARTS) is 1. The number of alkyl halides is 3. The van der Waals surface area contributed by atoms with E-state index in [1.807, 2.05) is 6.07 Å². The molecule has 6 rings (SSSR count). The third-order valence-electron chi connectivity index (χ3n) is 8.18. The molecule has 11 nitrogen and oxygen atoms in total. The molecule has 14 heteroatoms. The minimum Gasteiger partial charge on any atom is -0.475 e. The van der Waals surface area contributed by atoms with Gasteiger partial charge in [0.05, 0.1) is 11.1 Å². The third-order valence-corrected chi connectivity index (χ3v) is 8.18. The molecule has 0 aromatic heterocycles. The van der Waals surface area contributed by atoms with E-state index in [0.29, 0.717) is 16.5 Å². The van der Waals surface area contributed by atoms with Crippen LogP contribution in [-0.4, -0.2) is 103 Å². The van der Waals surface area contributed by atoms with Gasteiger partial charge in [-0.3, -0.25) is 29.4 Å². The first kappa shape index (κ1) is 28.0. The van der Waals surface area contributed by atoms with E-state index in [2.05, 4.69) is 20.4 Å². The molecule has 5 aliphatic rings. The van der Waals surface area contributed by atoms with Gasteiger partial charge in [-0.05, 0) is 56.5 Å². The average molecular weight is 566 g/mol. The van der Waals surface area contributed by atoms with E-state index >= 15 is 0 Å².